The molecule has 0 radical (unpaired) electrons. The quantitative estimate of drug-likeness (QED) is 0.593. The minimum absolute atomic E-state index is 0.0650. The van der Waals surface area contributed by atoms with Crippen LogP contribution in [-0.4, -0.2) is 16.7 Å². The minimum Gasteiger partial charge on any atom is -0.396 e. The summed E-state index contributed by atoms with van der Waals surface area (Å²) in [5.74, 6) is 0.443. The lowest BCUT2D eigenvalue weighted by atomic mass is 10.1. The first-order chi connectivity index (χ1) is 5.75. The van der Waals surface area contributed by atoms with Crippen molar-refractivity contribution in [2.45, 2.75) is 12.5 Å². The number of aliphatic hydroxyl groups is 1. The van der Waals surface area contributed by atoms with E-state index in [4.69, 9.17) is 16.6 Å². The summed E-state index contributed by atoms with van der Waals surface area (Å²) in [5.41, 5.74) is 12.1. The summed E-state index contributed by atoms with van der Waals surface area (Å²) in [4.78, 5) is 3.90. The van der Waals surface area contributed by atoms with Crippen LogP contribution in [0.2, 0.25) is 0 Å². The van der Waals surface area contributed by atoms with Gasteiger partial charge in [0.2, 0.25) is 0 Å². The third kappa shape index (κ3) is 1.93. The van der Waals surface area contributed by atoms with Gasteiger partial charge in [-0.2, -0.15) is 0 Å². The fourth-order valence-electron chi connectivity index (χ4n) is 1.04. The lowest BCUT2D eigenvalue weighted by Crippen LogP contribution is -2.14. The first kappa shape index (κ1) is 8.96. The lowest BCUT2D eigenvalue weighted by Gasteiger charge is -2.11. The molecule has 0 aliphatic carbocycles. The van der Waals surface area contributed by atoms with E-state index in [0.717, 1.165) is 5.56 Å². The van der Waals surface area contributed by atoms with Crippen molar-refractivity contribution in [2.75, 3.05) is 12.3 Å². The molecular weight excluding hydrogens is 154 g/mol. The SMILES string of the molecule is Nc1ncccc1C(N)CCO. The van der Waals surface area contributed by atoms with E-state index in [2.05, 4.69) is 4.98 Å². The Kier molecular flexibility index (Phi) is 3.01. The molecule has 0 aromatic carbocycles. The summed E-state index contributed by atoms with van der Waals surface area (Å²) < 4.78 is 0. The molecule has 0 bridgehead atoms. The molecule has 12 heavy (non-hydrogen) atoms. The maximum absolute atomic E-state index is 8.65. The van der Waals surface area contributed by atoms with E-state index in [9.17, 15) is 0 Å². The molecule has 5 N–H and O–H groups in total. The van der Waals surface area contributed by atoms with Crippen molar-refractivity contribution in [1.82, 2.24) is 4.98 Å². The number of nitrogen functional groups attached to an aromatic ring is 1. The van der Waals surface area contributed by atoms with Crippen LogP contribution in [0.3, 0.4) is 0 Å². The zero-order chi connectivity index (χ0) is 8.97. The third-order valence-corrected chi connectivity index (χ3v) is 1.71. The van der Waals surface area contributed by atoms with Crippen molar-refractivity contribution in [3.05, 3.63) is 23.9 Å². The van der Waals surface area contributed by atoms with Gasteiger partial charge < -0.3 is 16.6 Å². The highest BCUT2D eigenvalue weighted by Crippen LogP contribution is 2.17. The van der Waals surface area contributed by atoms with E-state index in [1.54, 1.807) is 12.3 Å². The number of nitrogens with zero attached hydrogens (tertiary/aromatic N) is 1. The summed E-state index contributed by atoms with van der Waals surface area (Å²) in [6.45, 7) is 0.0650. The molecule has 1 atom stereocenters. The molecule has 0 amide bonds. The molecule has 0 aliphatic rings. The summed E-state index contributed by atoms with van der Waals surface area (Å²) in [6, 6.07) is 3.38. The Morgan fingerprint density at radius 2 is 2.33 bits per heavy atom. The number of hydrogen-bond acceptors (Lipinski definition) is 4. The van der Waals surface area contributed by atoms with Gasteiger partial charge in [0.15, 0.2) is 0 Å². The molecule has 0 aliphatic heterocycles. The van der Waals surface area contributed by atoms with Gasteiger partial charge in [0, 0.05) is 24.4 Å². The largest absolute Gasteiger partial charge is 0.396 e. The standard InChI is InChI=1S/C8H13N3O/c9-7(3-5-12)6-2-1-4-11-8(6)10/h1-2,4,7,12H,3,5,9H2,(H2,10,11). The molecule has 1 aromatic heterocycles. The van der Waals surface area contributed by atoms with Crippen molar-refractivity contribution in [1.29, 1.82) is 0 Å². The van der Waals surface area contributed by atoms with Crippen molar-refractivity contribution < 1.29 is 5.11 Å². The molecule has 1 unspecified atom stereocenters. The van der Waals surface area contributed by atoms with Gasteiger partial charge in [-0.3, -0.25) is 0 Å². The van der Waals surface area contributed by atoms with Gasteiger partial charge in [0.25, 0.3) is 0 Å². The van der Waals surface area contributed by atoms with Gasteiger partial charge in [0.1, 0.15) is 5.82 Å². The number of pyridine rings is 1. The van der Waals surface area contributed by atoms with Gasteiger partial charge in [-0.05, 0) is 12.5 Å². The Labute approximate surface area is 71.2 Å². The number of anilines is 1. The summed E-state index contributed by atoms with van der Waals surface area (Å²) in [5, 5.41) is 8.65. The predicted molar refractivity (Wildman–Crippen MR) is 47.3 cm³/mol. The Balaban J connectivity index is 2.79. The normalized spacial score (nSPS) is 12.8. The molecule has 0 spiro atoms. The summed E-state index contributed by atoms with van der Waals surface area (Å²) in [7, 11) is 0. The van der Waals surface area contributed by atoms with Crippen molar-refractivity contribution in [3.8, 4) is 0 Å². The van der Waals surface area contributed by atoms with E-state index in [0.29, 0.717) is 12.2 Å². The predicted octanol–water partition coefficient (Wildman–Crippen LogP) is 0.0460. The molecule has 1 aromatic rings. The topological polar surface area (TPSA) is 85.2 Å². The average molecular weight is 167 g/mol. The highest BCUT2D eigenvalue weighted by molar-refractivity contribution is 5.40. The van der Waals surface area contributed by atoms with Gasteiger partial charge in [-0.15, -0.1) is 0 Å². The molecule has 4 nitrogen and oxygen atoms in total. The number of rotatable bonds is 3. The number of hydrogen-bond donors (Lipinski definition) is 3. The van der Waals surface area contributed by atoms with Crippen molar-refractivity contribution >= 4 is 5.82 Å². The van der Waals surface area contributed by atoms with E-state index >= 15 is 0 Å². The zero-order valence-electron chi connectivity index (χ0n) is 6.77. The van der Waals surface area contributed by atoms with E-state index < -0.39 is 0 Å². The van der Waals surface area contributed by atoms with Crippen LogP contribution in [0.5, 0.6) is 0 Å². The van der Waals surface area contributed by atoms with Gasteiger partial charge >= 0.3 is 0 Å². The average Bonchev–Trinajstić information content (AvgIpc) is 2.05. The van der Waals surface area contributed by atoms with Crippen LogP contribution in [0.15, 0.2) is 18.3 Å². The molecule has 1 heterocycles. The first-order valence-corrected chi connectivity index (χ1v) is 3.82. The molecular formula is C8H13N3O. The smallest absolute Gasteiger partial charge is 0.128 e. The van der Waals surface area contributed by atoms with E-state index in [1.807, 2.05) is 6.07 Å². The van der Waals surface area contributed by atoms with Gasteiger partial charge in [-0.1, -0.05) is 6.07 Å². The summed E-state index contributed by atoms with van der Waals surface area (Å²) >= 11 is 0. The first-order valence-electron chi connectivity index (χ1n) is 3.82. The van der Waals surface area contributed by atoms with E-state index in [1.165, 1.54) is 0 Å². The maximum Gasteiger partial charge on any atom is 0.128 e. The number of aromatic nitrogens is 1. The molecule has 1 rings (SSSR count). The van der Waals surface area contributed by atoms with E-state index in [-0.39, 0.29) is 12.6 Å². The Morgan fingerprint density at radius 3 is 2.92 bits per heavy atom. The Morgan fingerprint density at radius 1 is 1.58 bits per heavy atom. The van der Waals surface area contributed by atoms with Gasteiger partial charge in [-0.25, -0.2) is 4.98 Å². The monoisotopic (exact) mass is 167 g/mol. The summed E-state index contributed by atoms with van der Waals surface area (Å²) in [6.07, 6.45) is 2.13. The minimum atomic E-state index is -0.219. The Hall–Kier alpha value is -1.13. The Bertz CT molecular complexity index is 252. The van der Waals surface area contributed by atoms with Crippen molar-refractivity contribution in [3.63, 3.8) is 0 Å². The molecule has 0 saturated carbocycles. The molecule has 66 valence electrons. The van der Waals surface area contributed by atoms with Crippen LogP contribution in [0.4, 0.5) is 5.82 Å². The zero-order valence-corrected chi connectivity index (χ0v) is 6.77. The van der Waals surface area contributed by atoms with Gasteiger partial charge in [0.05, 0.1) is 0 Å². The molecule has 0 fully saturated rings. The second-order valence-electron chi connectivity index (χ2n) is 2.60. The maximum atomic E-state index is 8.65. The fraction of sp³-hybridized carbons (Fsp3) is 0.375. The fourth-order valence-corrected chi connectivity index (χ4v) is 1.04. The van der Waals surface area contributed by atoms with Crippen LogP contribution < -0.4 is 11.5 Å². The van der Waals surface area contributed by atoms with Crippen LogP contribution in [-0.2, 0) is 0 Å². The van der Waals surface area contributed by atoms with Crippen LogP contribution in [0, 0.1) is 0 Å². The number of nitrogens with two attached hydrogens (primary N) is 2. The molecule has 0 saturated heterocycles. The highest BCUT2D eigenvalue weighted by Gasteiger charge is 2.08. The highest BCUT2D eigenvalue weighted by atomic mass is 16.3. The second-order valence-corrected chi connectivity index (χ2v) is 2.60. The van der Waals surface area contributed by atoms with Crippen LogP contribution in [0.1, 0.15) is 18.0 Å². The van der Waals surface area contributed by atoms with Crippen molar-refractivity contribution in [2.24, 2.45) is 5.73 Å². The second kappa shape index (κ2) is 4.04. The van der Waals surface area contributed by atoms with Crippen LogP contribution >= 0.6 is 0 Å². The lowest BCUT2D eigenvalue weighted by molar-refractivity contribution is 0.276. The third-order valence-electron chi connectivity index (χ3n) is 1.71. The molecule has 4 heteroatoms. The van der Waals surface area contributed by atoms with Crippen LogP contribution in [0.25, 0.3) is 0 Å². The number of aliphatic hydroxyl groups excluding tert-OH is 1.